The number of nitrogens with one attached hydrogen (secondary N) is 1. The van der Waals surface area contributed by atoms with Crippen LogP contribution in [0.4, 0.5) is 4.39 Å². The van der Waals surface area contributed by atoms with Gasteiger partial charge in [-0.15, -0.1) is 0 Å². The summed E-state index contributed by atoms with van der Waals surface area (Å²) in [6.45, 7) is 2.49. The third-order valence-electron chi connectivity index (χ3n) is 2.27. The molecule has 0 unspecified atom stereocenters. The summed E-state index contributed by atoms with van der Waals surface area (Å²) in [5, 5.41) is 16.2. The molecular weight excluding hydrogens is 229 g/mol. The number of hydrogen-bond donors (Lipinski definition) is 2. The average molecular weight is 239 g/mol. The fourth-order valence-corrected chi connectivity index (χ4v) is 1.77. The van der Waals surface area contributed by atoms with Crippen LogP contribution in [0, 0.1) is 10.6 Å². The Balaban J connectivity index is 2.67. The Labute approximate surface area is 96.4 Å². The second-order valence-corrected chi connectivity index (χ2v) is 3.64. The number of benzene rings is 1. The predicted octanol–water partition coefficient (Wildman–Crippen LogP) is 2.47. The van der Waals surface area contributed by atoms with Crippen molar-refractivity contribution >= 4 is 12.2 Å². The Kier molecular flexibility index (Phi) is 2.74. The van der Waals surface area contributed by atoms with Gasteiger partial charge in [0, 0.05) is 6.54 Å². The SMILES string of the molecule is CCn1c(-c2cc(F)ccc2O)n[nH]c1=S. The lowest BCUT2D eigenvalue weighted by Gasteiger charge is -2.05. The minimum absolute atomic E-state index is 0.0231. The summed E-state index contributed by atoms with van der Waals surface area (Å²) >= 11 is 5.02. The van der Waals surface area contributed by atoms with E-state index in [1.165, 1.54) is 18.2 Å². The average Bonchev–Trinajstić information content (AvgIpc) is 2.63. The van der Waals surface area contributed by atoms with E-state index in [0.717, 1.165) is 0 Å². The number of halogens is 1. The van der Waals surface area contributed by atoms with Crippen LogP contribution >= 0.6 is 12.2 Å². The number of phenolic OH excluding ortho intramolecular Hbond substituents is 1. The number of hydrogen-bond acceptors (Lipinski definition) is 3. The van der Waals surface area contributed by atoms with Crippen molar-refractivity contribution in [3.63, 3.8) is 0 Å². The standard InChI is InChI=1S/C10H10FN3OS/c1-2-14-9(12-13-10(14)16)7-5-6(11)3-4-8(7)15/h3-5,15H,2H2,1H3,(H,13,16). The summed E-state index contributed by atoms with van der Waals surface area (Å²) in [6.07, 6.45) is 0. The van der Waals surface area contributed by atoms with Crippen LogP contribution in [-0.2, 0) is 6.54 Å². The molecule has 0 saturated heterocycles. The second kappa shape index (κ2) is 4.05. The summed E-state index contributed by atoms with van der Waals surface area (Å²) in [6, 6.07) is 3.71. The van der Waals surface area contributed by atoms with Gasteiger partial charge in [0.25, 0.3) is 0 Å². The van der Waals surface area contributed by atoms with Gasteiger partial charge < -0.3 is 9.67 Å². The third kappa shape index (κ3) is 1.71. The van der Waals surface area contributed by atoms with Gasteiger partial charge >= 0.3 is 0 Å². The van der Waals surface area contributed by atoms with Crippen LogP contribution in [-0.4, -0.2) is 19.9 Å². The van der Waals surface area contributed by atoms with Crippen LogP contribution in [0.3, 0.4) is 0 Å². The molecule has 0 spiro atoms. The molecule has 2 aromatic rings. The van der Waals surface area contributed by atoms with Gasteiger partial charge in [0.05, 0.1) is 5.56 Å². The molecule has 0 bridgehead atoms. The fraction of sp³-hybridized carbons (Fsp3) is 0.200. The van der Waals surface area contributed by atoms with Crippen molar-refractivity contribution in [1.82, 2.24) is 14.8 Å². The highest BCUT2D eigenvalue weighted by atomic mass is 32.1. The monoisotopic (exact) mass is 239 g/mol. The van der Waals surface area contributed by atoms with Gasteiger partial charge in [-0.05, 0) is 37.3 Å². The quantitative estimate of drug-likeness (QED) is 0.791. The van der Waals surface area contributed by atoms with E-state index in [1.807, 2.05) is 6.92 Å². The van der Waals surface area contributed by atoms with Crippen LogP contribution in [0.1, 0.15) is 6.92 Å². The van der Waals surface area contributed by atoms with E-state index in [9.17, 15) is 9.50 Å². The number of aromatic amines is 1. The van der Waals surface area contributed by atoms with Gasteiger partial charge in [-0.25, -0.2) is 4.39 Å². The van der Waals surface area contributed by atoms with E-state index in [2.05, 4.69) is 10.2 Å². The second-order valence-electron chi connectivity index (χ2n) is 3.26. The summed E-state index contributed by atoms with van der Waals surface area (Å²) < 4.78 is 15.2. The van der Waals surface area contributed by atoms with Crippen LogP contribution < -0.4 is 0 Å². The molecular formula is C10H10FN3OS. The Hall–Kier alpha value is -1.69. The van der Waals surface area contributed by atoms with E-state index in [-0.39, 0.29) is 5.75 Å². The van der Waals surface area contributed by atoms with Crippen molar-refractivity contribution in [2.75, 3.05) is 0 Å². The molecule has 0 amide bonds. The minimum atomic E-state index is -0.427. The van der Waals surface area contributed by atoms with Gasteiger partial charge in [0.1, 0.15) is 11.6 Å². The lowest BCUT2D eigenvalue weighted by Crippen LogP contribution is -1.98. The Morgan fingerprint density at radius 3 is 3.00 bits per heavy atom. The molecule has 6 heteroatoms. The topological polar surface area (TPSA) is 53.8 Å². The van der Waals surface area contributed by atoms with E-state index in [0.29, 0.717) is 22.7 Å². The Morgan fingerprint density at radius 2 is 2.31 bits per heavy atom. The highest BCUT2D eigenvalue weighted by Gasteiger charge is 2.12. The van der Waals surface area contributed by atoms with Gasteiger partial charge in [0.15, 0.2) is 10.6 Å². The zero-order valence-corrected chi connectivity index (χ0v) is 9.38. The van der Waals surface area contributed by atoms with Crippen molar-refractivity contribution < 1.29 is 9.50 Å². The van der Waals surface area contributed by atoms with E-state index in [4.69, 9.17) is 12.2 Å². The van der Waals surface area contributed by atoms with Gasteiger partial charge in [-0.1, -0.05) is 0 Å². The molecule has 16 heavy (non-hydrogen) atoms. The first-order valence-corrected chi connectivity index (χ1v) is 5.18. The van der Waals surface area contributed by atoms with Crippen molar-refractivity contribution in [3.8, 4) is 17.1 Å². The lowest BCUT2D eigenvalue weighted by molar-refractivity contribution is 0.474. The number of aromatic nitrogens is 3. The van der Waals surface area contributed by atoms with Crippen molar-refractivity contribution in [1.29, 1.82) is 0 Å². The number of aromatic hydroxyl groups is 1. The van der Waals surface area contributed by atoms with Gasteiger partial charge in [-0.3, -0.25) is 5.10 Å². The molecule has 0 aliphatic carbocycles. The first-order chi connectivity index (χ1) is 7.63. The number of nitrogens with zero attached hydrogens (tertiary/aromatic N) is 2. The molecule has 0 saturated carbocycles. The van der Waals surface area contributed by atoms with Gasteiger partial charge in [-0.2, -0.15) is 5.10 Å². The molecule has 0 fully saturated rings. The third-order valence-corrected chi connectivity index (χ3v) is 2.59. The van der Waals surface area contributed by atoms with E-state index >= 15 is 0 Å². The molecule has 0 atom stereocenters. The highest BCUT2D eigenvalue weighted by Crippen LogP contribution is 2.28. The summed E-state index contributed by atoms with van der Waals surface area (Å²) in [5.74, 6) is -0.0148. The molecule has 2 N–H and O–H groups in total. The zero-order chi connectivity index (χ0) is 11.7. The van der Waals surface area contributed by atoms with Crippen LogP contribution in [0.15, 0.2) is 18.2 Å². The lowest BCUT2D eigenvalue weighted by atomic mass is 10.2. The van der Waals surface area contributed by atoms with Crippen LogP contribution in [0.5, 0.6) is 5.75 Å². The first-order valence-electron chi connectivity index (χ1n) is 4.77. The maximum absolute atomic E-state index is 13.1. The summed E-state index contributed by atoms with van der Waals surface area (Å²) in [4.78, 5) is 0. The molecule has 0 radical (unpaired) electrons. The Morgan fingerprint density at radius 1 is 1.56 bits per heavy atom. The smallest absolute Gasteiger partial charge is 0.195 e. The van der Waals surface area contributed by atoms with Crippen LogP contribution in [0.25, 0.3) is 11.4 Å². The van der Waals surface area contributed by atoms with E-state index in [1.54, 1.807) is 4.57 Å². The zero-order valence-electron chi connectivity index (χ0n) is 8.57. The molecule has 0 aliphatic rings. The largest absolute Gasteiger partial charge is 0.507 e. The number of H-pyrrole nitrogens is 1. The number of phenols is 1. The summed E-state index contributed by atoms with van der Waals surface area (Å²) in [5.41, 5.74) is 0.328. The fourth-order valence-electron chi connectivity index (χ4n) is 1.50. The molecule has 0 aliphatic heterocycles. The van der Waals surface area contributed by atoms with Crippen molar-refractivity contribution in [3.05, 3.63) is 28.8 Å². The van der Waals surface area contributed by atoms with Crippen molar-refractivity contribution in [2.45, 2.75) is 13.5 Å². The molecule has 4 nitrogen and oxygen atoms in total. The molecule has 2 rings (SSSR count). The van der Waals surface area contributed by atoms with Crippen molar-refractivity contribution in [2.24, 2.45) is 0 Å². The maximum Gasteiger partial charge on any atom is 0.195 e. The molecule has 1 heterocycles. The normalized spacial score (nSPS) is 10.6. The van der Waals surface area contributed by atoms with E-state index < -0.39 is 5.82 Å². The van der Waals surface area contributed by atoms with Gasteiger partial charge in [0.2, 0.25) is 0 Å². The molecule has 1 aromatic heterocycles. The highest BCUT2D eigenvalue weighted by molar-refractivity contribution is 7.71. The predicted molar refractivity (Wildman–Crippen MR) is 60.1 cm³/mol. The minimum Gasteiger partial charge on any atom is -0.507 e. The molecule has 84 valence electrons. The Bertz CT molecular complexity index is 576. The number of rotatable bonds is 2. The van der Waals surface area contributed by atoms with Crippen LogP contribution in [0.2, 0.25) is 0 Å². The summed E-state index contributed by atoms with van der Waals surface area (Å²) in [7, 11) is 0. The maximum atomic E-state index is 13.1. The molecule has 1 aromatic carbocycles. The first kappa shape index (κ1) is 10.8.